The number of allylic oxidation sites excluding steroid dienone is 2. The molecule has 0 radical (unpaired) electrons. The maximum absolute atomic E-state index is 5.87. The van der Waals surface area contributed by atoms with Crippen LogP contribution in [0, 0.1) is 0 Å². The van der Waals surface area contributed by atoms with Crippen LogP contribution < -0.4 is 10.7 Å². The molecule has 0 aromatic carbocycles. The van der Waals surface area contributed by atoms with Crippen LogP contribution in [0.5, 0.6) is 0 Å². The van der Waals surface area contributed by atoms with Gasteiger partial charge in [0.2, 0.25) is 0 Å². The highest BCUT2D eigenvalue weighted by molar-refractivity contribution is 6.19. The number of nitrogens with one attached hydrogen (secondary N) is 1. The number of H-pyrrole nitrogens is 1. The number of nitrogens with zero attached hydrogens (tertiary/aromatic N) is 1. The Morgan fingerprint density at radius 2 is 1.46 bits per heavy atom. The van der Waals surface area contributed by atoms with Crippen molar-refractivity contribution in [2.45, 2.75) is 6.42 Å². The fourth-order valence-electron chi connectivity index (χ4n) is 2.92. The highest BCUT2D eigenvalue weighted by atomic mass is 16.4. The van der Waals surface area contributed by atoms with Gasteiger partial charge in [0.05, 0.1) is 17.8 Å². The maximum atomic E-state index is 5.87. The van der Waals surface area contributed by atoms with Crippen molar-refractivity contribution < 1.29 is 8.83 Å². The molecule has 0 aliphatic carbocycles. The highest BCUT2D eigenvalue weighted by Crippen LogP contribution is 2.20. The Kier molecular flexibility index (Phi) is 2.82. The molecule has 0 spiro atoms. The molecule has 5 rings (SSSR count). The summed E-state index contributed by atoms with van der Waals surface area (Å²) in [4.78, 5) is 7.95. The molecule has 0 atom stereocenters. The molecule has 0 unspecified atom stereocenters. The quantitative estimate of drug-likeness (QED) is 0.694. The van der Waals surface area contributed by atoms with Gasteiger partial charge in [0.15, 0.2) is 0 Å². The zero-order valence-electron chi connectivity index (χ0n) is 12.8. The van der Waals surface area contributed by atoms with Crippen LogP contribution in [-0.2, 0) is 6.42 Å². The minimum Gasteiger partial charge on any atom is -0.461 e. The summed E-state index contributed by atoms with van der Waals surface area (Å²) < 4.78 is 11.7. The van der Waals surface area contributed by atoms with Crippen LogP contribution in [0.1, 0.15) is 23.0 Å². The highest BCUT2D eigenvalue weighted by Gasteiger charge is 2.08. The van der Waals surface area contributed by atoms with Gasteiger partial charge in [-0.05, 0) is 54.6 Å². The predicted molar refractivity (Wildman–Crippen MR) is 92.8 cm³/mol. The predicted octanol–water partition coefficient (Wildman–Crippen LogP) is 2.77. The van der Waals surface area contributed by atoms with Crippen molar-refractivity contribution in [2.75, 3.05) is 0 Å². The Hall–Kier alpha value is -3.27. The van der Waals surface area contributed by atoms with Gasteiger partial charge in [0.25, 0.3) is 0 Å². The van der Waals surface area contributed by atoms with Crippen LogP contribution in [-0.4, -0.2) is 10.7 Å². The SMILES string of the molecule is C1=C/C2=C/c3ccc(o3)Cc3ccc(o3)/C=c3/cc/c([nH]3)=C/C1=N2. The van der Waals surface area contributed by atoms with E-state index in [2.05, 4.69) is 9.98 Å². The van der Waals surface area contributed by atoms with Crippen molar-refractivity contribution in [1.29, 1.82) is 0 Å². The topological polar surface area (TPSA) is 54.4 Å². The largest absolute Gasteiger partial charge is 0.461 e. The van der Waals surface area contributed by atoms with E-state index >= 15 is 0 Å². The molecular weight excluding hydrogens is 300 g/mol. The van der Waals surface area contributed by atoms with E-state index in [1.165, 1.54) is 0 Å². The molecule has 2 aliphatic rings. The first-order chi connectivity index (χ1) is 11.8. The average Bonchev–Trinajstić information content (AvgIpc) is 3.32. The van der Waals surface area contributed by atoms with Crippen molar-refractivity contribution in [1.82, 2.24) is 4.98 Å². The van der Waals surface area contributed by atoms with Gasteiger partial charge in [-0.3, -0.25) is 0 Å². The molecule has 5 heterocycles. The second-order valence-corrected chi connectivity index (χ2v) is 5.88. The van der Waals surface area contributed by atoms with Crippen molar-refractivity contribution in [3.8, 4) is 0 Å². The Balaban J connectivity index is 1.70. The Bertz CT molecular complexity index is 1130. The van der Waals surface area contributed by atoms with Crippen molar-refractivity contribution in [3.05, 3.63) is 88.0 Å². The second-order valence-electron chi connectivity index (χ2n) is 5.88. The first kappa shape index (κ1) is 13.2. The van der Waals surface area contributed by atoms with Crippen LogP contribution in [0.2, 0.25) is 0 Å². The van der Waals surface area contributed by atoms with E-state index in [0.29, 0.717) is 6.42 Å². The summed E-state index contributed by atoms with van der Waals surface area (Å²) in [5, 5.41) is 2.00. The molecule has 116 valence electrons. The molecule has 8 bridgehead atoms. The summed E-state index contributed by atoms with van der Waals surface area (Å²) >= 11 is 0. The van der Waals surface area contributed by atoms with Crippen LogP contribution in [0.25, 0.3) is 18.2 Å². The van der Waals surface area contributed by atoms with Gasteiger partial charge in [-0.2, -0.15) is 0 Å². The van der Waals surface area contributed by atoms with Crippen LogP contribution >= 0.6 is 0 Å². The molecule has 24 heavy (non-hydrogen) atoms. The molecule has 0 amide bonds. The third-order valence-electron chi connectivity index (χ3n) is 4.02. The molecule has 3 aromatic rings. The molecule has 2 aliphatic heterocycles. The van der Waals surface area contributed by atoms with Gasteiger partial charge in [-0.1, -0.05) is 0 Å². The average molecular weight is 314 g/mol. The van der Waals surface area contributed by atoms with E-state index in [1.807, 2.05) is 66.8 Å². The lowest BCUT2D eigenvalue weighted by molar-refractivity contribution is 0.467. The number of hydrogen-bond acceptors (Lipinski definition) is 3. The molecule has 4 heteroatoms. The van der Waals surface area contributed by atoms with Gasteiger partial charge in [-0.15, -0.1) is 0 Å². The Morgan fingerprint density at radius 3 is 2.25 bits per heavy atom. The number of rotatable bonds is 0. The molecule has 0 saturated heterocycles. The lowest BCUT2D eigenvalue weighted by Gasteiger charge is -1.94. The lowest BCUT2D eigenvalue weighted by Crippen LogP contribution is -2.10. The summed E-state index contributed by atoms with van der Waals surface area (Å²) in [7, 11) is 0. The molecule has 0 fully saturated rings. The van der Waals surface area contributed by atoms with Gasteiger partial charge >= 0.3 is 0 Å². The Labute approximate surface area is 137 Å². The van der Waals surface area contributed by atoms with E-state index in [1.54, 1.807) is 0 Å². The first-order valence-electron chi connectivity index (χ1n) is 7.85. The standard InChI is InChI=1S/C20H14N2O2/c1-3-15-10-17-5-7-19(23-17)12-20-8-6-18(24-20)11-16-4-2-14(22-16)9-13(1)21-15/h1-11,21H,12H2/b13-9-,15-10-,16-11-. The number of aromatic nitrogens is 1. The number of fused-ring (bicyclic) bond motifs is 7. The summed E-state index contributed by atoms with van der Waals surface area (Å²) in [6.07, 6.45) is 10.6. The minimum atomic E-state index is 0.630. The monoisotopic (exact) mass is 314 g/mol. The van der Waals surface area contributed by atoms with E-state index in [4.69, 9.17) is 8.83 Å². The molecule has 0 saturated carbocycles. The second kappa shape index (κ2) is 5.13. The van der Waals surface area contributed by atoms with E-state index in [9.17, 15) is 0 Å². The molecule has 4 nitrogen and oxygen atoms in total. The molecule has 1 N–H and O–H groups in total. The fraction of sp³-hybridized carbons (Fsp3) is 0.0500. The summed E-state index contributed by atoms with van der Waals surface area (Å²) in [6.45, 7) is 0. The van der Waals surface area contributed by atoms with Crippen LogP contribution in [0.15, 0.2) is 68.1 Å². The zero-order chi connectivity index (χ0) is 15.9. The fourth-order valence-corrected chi connectivity index (χ4v) is 2.92. The number of aliphatic imine (C=N–C) groups is 1. The van der Waals surface area contributed by atoms with E-state index in [-0.39, 0.29) is 0 Å². The smallest absolute Gasteiger partial charge is 0.129 e. The lowest BCUT2D eigenvalue weighted by atomic mass is 10.2. The number of furan rings is 2. The number of aromatic amines is 1. The van der Waals surface area contributed by atoms with Gasteiger partial charge in [0.1, 0.15) is 23.0 Å². The first-order valence-corrected chi connectivity index (χ1v) is 7.85. The van der Waals surface area contributed by atoms with Gasteiger partial charge < -0.3 is 13.8 Å². The van der Waals surface area contributed by atoms with Gasteiger partial charge in [0, 0.05) is 22.9 Å². The number of hydrogen-bond donors (Lipinski definition) is 1. The normalized spacial score (nSPS) is 20.5. The van der Waals surface area contributed by atoms with Crippen LogP contribution in [0.3, 0.4) is 0 Å². The van der Waals surface area contributed by atoms with Crippen LogP contribution in [0.4, 0.5) is 0 Å². The van der Waals surface area contributed by atoms with Crippen molar-refractivity contribution in [3.63, 3.8) is 0 Å². The summed E-state index contributed by atoms with van der Waals surface area (Å²) in [5.41, 5.74) is 1.79. The van der Waals surface area contributed by atoms with Crippen molar-refractivity contribution in [2.24, 2.45) is 4.99 Å². The molecular formula is C20H14N2O2. The summed E-state index contributed by atoms with van der Waals surface area (Å²) in [6, 6.07) is 11.9. The molecule has 3 aromatic heterocycles. The van der Waals surface area contributed by atoms with E-state index in [0.717, 1.165) is 45.1 Å². The Morgan fingerprint density at radius 1 is 0.750 bits per heavy atom. The van der Waals surface area contributed by atoms with Crippen molar-refractivity contribution >= 4 is 23.9 Å². The summed E-state index contributed by atoms with van der Waals surface area (Å²) in [5.74, 6) is 3.36. The third kappa shape index (κ3) is 2.48. The zero-order valence-corrected chi connectivity index (χ0v) is 12.8. The van der Waals surface area contributed by atoms with E-state index < -0.39 is 0 Å². The van der Waals surface area contributed by atoms with Gasteiger partial charge in [-0.25, -0.2) is 4.99 Å². The third-order valence-corrected chi connectivity index (χ3v) is 4.02. The maximum Gasteiger partial charge on any atom is 0.129 e. The minimum absolute atomic E-state index is 0.630.